The third kappa shape index (κ3) is 6.44. The molecule has 3 aliphatic carbocycles. The summed E-state index contributed by atoms with van der Waals surface area (Å²) in [5.74, 6) is -0.833. The Morgan fingerprint density at radius 2 is 0.742 bits per heavy atom. The number of aliphatic hydroxyl groups is 1. The third-order valence-electron chi connectivity index (χ3n) is 13.3. The van der Waals surface area contributed by atoms with Gasteiger partial charge in [-0.2, -0.15) is 0 Å². The molecule has 1 spiro atoms. The van der Waals surface area contributed by atoms with Crippen molar-refractivity contribution in [1.82, 2.24) is 0 Å². The van der Waals surface area contributed by atoms with Crippen molar-refractivity contribution in [3.05, 3.63) is 260 Å². The molecule has 0 radical (unpaired) electrons. The van der Waals surface area contributed by atoms with Crippen LogP contribution in [0, 0.1) is 0 Å². The fourth-order valence-corrected chi connectivity index (χ4v) is 12.1. The molecule has 3 nitrogen and oxygen atoms in total. The lowest BCUT2D eigenvalue weighted by Gasteiger charge is -2.30. The molecule has 3 aliphatic rings. The second-order valence-corrected chi connectivity index (χ2v) is 18.4. The van der Waals surface area contributed by atoms with E-state index in [1.807, 2.05) is 48.5 Å². The summed E-state index contributed by atoms with van der Waals surface area (Å²) in [6.45, 7) is 1.08. The Kier molecular flexibility index (Phi) is 11.2. The molecule has 0 amide bonds. The predicted octanol–water partition coefficient (Wildman–Crippen LogP) is 16.0. The summed E-state index contributed by atoms with van der Waals surface area (Å²) in [4.78, 5) is 9.00. The van der Waals surface area contributed by atoms with Crippen molar-refractivity contribution >= 4 is 71.8 Å². The zero-order valence-corrected chi connectivity index (χ0v) is 39.7. The number of halogens is 3. The SMILES string of the molecule is Brc1cccc2c1-c1ccccc1C21c2ccccc2-c2c1ccc1ccccc21.CC(=O)O.Cl.OC1(c2ccccc2-c2cccc3ccccc23)c2ccccc2-c2c(Br)cccc21. The molecule has 10 aromatic carbocycles. The van der Waals surface area contributed by atoms with Gasteiger partial charge in [-0.05, 0) is 89.3 Å². The van der Waals surface area contributed by atoms with E-state index >= 15 is 0 Å². The van der Waals surface area contributed by atoms with Crippen LogP contribution < -0.4 is 0 Å². The summed E-state index contributed by atoms with van der Waals surface area (Å²) in [6.07, 6.45) is 0. The van der Waals surface area contributed by atoms with E-state index in [0.717, 1.165) is 54.8 Å². The minimum absolute atomic E-state index is 0. The van der Waals surface area contributed by atoms with E-state index < -0.39 is 11.6 Å². The van der Waals surface area contributed by atoms with Gasteiger partial charge in [0.25, 0.3) is 5.97 Å². The zero-order chi connectivity index (χ0) is 44.5. The first-order valence-electron chi connectivity index (χ1n) is 21.6. The Hall–Kier alpha value is -6.60. The van der Waals surface area contributed by atoms with Crippen molar-refractivity contribution in [1.29, 1.82) is 0 Å². The maximum Gasteiger partial charge on any atom is 0.300 e. The lowest BCUT2D eigenvalue weighted by Crippen LogP contribution is -2.27. The number of carboxylic acids is 1. The smallest absolute Gasteiger partial charge is 0.300 e. The maximum atomic E-state index is 12.5. The number of benzene rings is 10. The highest BCUT2D eigenvalue weighted by Crippen LogP contribution is 2.64. The van der Waals surface area contributed by atoms with Gasteiger partial charge in [-0.1, -0.05) is 232 Å². The van der Waals surface area contributed by atoms with Crippen molar-refractivity contribution in [3.8, 4) is 44.5 Å². The molecule has 66 heavy (non-hydrogen) atoms. The highest BCUT2D eigenvalue weighted by Gasteiger charge is 2.52. The Bertz CT molecular complexity index is 3550. The van der Waals surface area contributed by atoms with Crippen LogP contribution in [0.25, 0.3) is 66.1 Å². The summed E-state index contributed by atoms with van der Waals surface area (Å²) in [7, 11) is 0. The van der Waals surface area contributed by atoms with Crippen molar-refractivity contribution in [2.24, 2.45) is 0 Å². The van der Waals surface area contributed by atoms with Crippen LogP contribution in [-0.2, 0) is 15.8 Å². The molecule has 10 aromatic rings. The van der Waals surface area contributed by atoms with Crippen LogP contribution in [0.15, 0.2) is 221 Å². The summed E-state index contributed by atoms with van der Waals surface area (Å²) >= 11 is 7.59. The predicted molar refractivity (Wildman–Crippen MR) is 280 cm³/mol. The molecule has 0 aromatic heterocycles. The number of aliphatic carboxylic acids is 1. The number of hydrogen-bond acceptors (Lipinski definition) is 2. The van der Waals surface area contributed by atoms with Gasteiger partial charge in [0.2, 0.25) is 0 Å². The summed E-state index contributed by atoms with van der Waals surface area (Å²) in [5, 5.41) is 24.9. The number of rotatable bonds is 2. The monoisotopic (exact) mass is 1000 g/mol. The Balaban J connectivity index is 0.000000142. The molecule has 13 rings (SSSR count). The van der Waals surface area contributed by atoms with Gasteiger partial charge in [-0.25, -0.2) is 0 Å². The van der Waals surface area contributed by atoms with Crippen molar-refractivity contribution in [2.75, 3.05) is 0 Å². The van der Waals surface area contributed by atoms with Crippen LogP contribution in [0.2, 0.25) is 0 Å². The fourth-order valence-electron chi connectivity index (χ4n) is 11.0. The van der Waals surface area contributed by atoms with Gasteiger partial charge in [0, 0.05) is 43.7 Å². The minimum Gasteiger partial charge on any atom is -0.481 e. The first-order valence-corrected chi connectivity index (χ1v) is 23.2. The number of hydrogen-bond donors (Lipinski definition) is 2. The van der Waals surface area contributed by atoms with E-state index in [1.54, 1.807) is 0 Å². The number of carboxylic acid groups (broad SMARTS) is 1. The molecule has 0 saturated heterocycles. The van der Waals surface area contributed by atoms with Gasteiger partial charge < -0.3 is 10.2 Å². The maximum absolute atomic E-state index is 12.5. The molecule has 2 atom stereocenters. The summed E-state index contributed by atoms with van der Waals surface area (Å²) < 4.78 is 2.16. The van der Waals surface area contributed by atoms with Crippen LogP contribution in [0.3, 0.4) is 0 Å². The van der Waals surface area contributed by atoms with Crippen molar-refractivity contribution in [2.45, 2.75) is 17.9 Å². The molecule has 320 valence electrons. The van der Waals surface area contributed by atoms with Crippen LogP contribution >= 0.6 is 44.3 Å². The van der Waals surface area contributed by atoms with E-state index in [9.17, 15) is 5.11 Å². The van der Waals surface area contributed by atoms with Gasteiger partial charge in [0.05, 0.1) is 5.41 Å². The molecule has 2 unspecified atom stereocenters. The van der Waals surface area contributed by atoms with E-state index in [4.69, 9.17) is 9.90 Å². The van der Waals surface area contributed by atoms with Crippen LogP contribution in [0.4, 0.5) is 0 Å². The van der Waals surface area contributed by atoms with Gasteiger partial charge in [-0.3, -0.25) is 4.79 Å². The summed E-state index contributed by atoms with van der Waals surface area (Å²) in [6, 6.07) is 75.3. The molecular formula is C60H41Br2ClO3. The van der Waals surface area contributed by atoms with Crippen LogP contribution in [-0.4, -0.2) is 16.2 Å². The average Bonchev–Trinajstić information content (AvgIpc) is 3.92. The van der Waals surface area contributed by atoms with Gasteiger partial charge in [0.15, 0.2) is 0 Å². The molecule has 2 N–H and O–H groups in total. The van der Waals surface area contributed by atoms with Gasteiger partial charge in [-0.15, -0.1) is 12.4 Å². The second-order valence-electron chi connectivity index (χ2n) is 16.7. The van der Waals surface area contributed by atoms with E-state index in [0.29, 0.717) is 0 Å². The Morgan fingerprint density at radius 1 is 0.379 bits per heavy atom. The standard InChI is InChI=1S/C29H19BrO.C29H17Br.C2H4O2.ClH/c30-27-18-8-17-26-28(27)23-13-4-6-16-25(23)29(26,31)24-15-5-3-12-22(24)21-14-7-10-19-9-1-2-11-20(19)21;30-26-15-7-14-24-28(26)21-11-4-6-13-23(21)29(24)22-12-5-3-10-20(22)27-19-9-2-1-8-18(19)16-17-25(27)29;1-2(3)4;/h1-18,31H;1-17H;1H3,(H,3,4);1H. The first kappa shape index (κ1) is 43.3. The molecule has 0 aliphatic heterocycles. The molecule has 0 heterocycles. The minimum atomic E-state index is -1.23. The van der Waals surface area contributed by atoms with E-state index in [1.165, 1.54) is 66.1 Å². The third-order valence-corrected chi connectivity index (χ3v) is 14.7. The van der Waals surface area contributed by atoms with Crippen molar-refractivity contribution < 1.29 is 15.0 Å². The second kappa shape index (κ2) is 17.0. The van der Waals surface area contributed by atoms with E-state index in [2.05, 4.69) is 196 Å². The largest absolute Gasteiger partial charge is 0.481 e. The lowest BCUT2D eigenvalue weighted by atomic mass is 9.70. The normalized spacial score (nSPS) is 16.3. The molecule has 6 heteroatoms. The lowest BCUT2D eigenvalue weighted by molar-refractivity contribution is -0.134. The van der Waals surface area contributed by atoms with Crippen molar-refractivity contribution in [3.63, 3.8) is 0 Å². The highest BCUT2D eigenvalue weighted by atomic mass is 79.9. The molecule has 0 fully saturated rings. The average molecular weight is 1010 g/mol. The van der Waals surface area contributed by atoms with Gasteiger partial charge in [0.1, 0.15) is 5.60 Å². The molecule has 0 bridgehead atoms. The Labute approximate surface area is 406 Å². The zero-order valence-electron chi connectivity index (χ0n) is 35.7. The van der Waals surface area contributed by atoms with Crippen LogP contribution in [0.1, 0.15) is 45.9 Å². The quantitative estimate of drug-likeness (QED) is 0.181. The first-order chi connectivity index (χ1) is 31.7. The molecule has 0 saturated carbocycles. The number of fused-ring (bicyclic) bond motifs is 16. The van der Waals surface area contributed by atoms with E-state index in [-0.39, 0.29) is 17.8 Å². The Morgan fingerprint density at radius 3 is 1.36 bits per heavy atom. The topological polar surface area (TPSA) is 57.5 Å². The fraction of sp³-hybridized carbons (Fsp3) is 0.0500. The highest BCUT2D eigenvalue weighted by molar-refractivity contribution is 9.11. The molecular weight excluding hydrogens is 964 g/mol. The van der Waals surface area contributed by atoms with Crippen LogP contribution in [0.5, 0.6) is 0 Å². The van der Waals surface area contributed by atoms with Gasteiger partial charge >= 0.3 is 0 Å². The summed E-state index contributed by atoms with van der Waals surface area (Å²) in [5.41, 5.74) is 16.5. The number of carbonyl (C=O) groups is 1.